The van der Waals surface area contributed by atoms with E-state index in [0.717, 1.165) is 11.1 Å². The van der Waals surface area contributed by atoms with E-state index in [-0.39, 0.29) is 29.9 Å². The van der Waals surface area contributed by atoms with Crippen molar-refractivity contribution in [3.8, 4) is 0 Å². The molecule has 0 bridgehead atoms. The van der Waals surface area contributed by atoms with E-state index >= 15 is 0 Å². The van der Waals surface area contributed by atoms with Crippen LogP contribution in [-0.4, -0.2) is 42.0 Å². The van der Waals surface area contributed by atoms with Gasteiger partial charge < -0.3 is 14.7 Å². The Hall–Kier alpha value is -2.34. The quantitative estimate of drug-likeness (QED) is 0.343. The van der Waals surface area contributed by atoms with E-state index in [1.807, 2.05) is 25.1 Å². The van der Waals surface area contributed by atoms with Crippen LogP contribution in [-0.2, 0) is 19.7 Å². The Labute approximate surface area is 198 Å². The van der Waals surface area contributed by atoms with Gasteiger partial charge >= 0.3 is 0 Å². The van der Waals surface area contributed by atoms with Gasteiger partial charge in [0.25, 0.3) is 11.7 Å². The minimum Gasteiger partial charge on any atom is -0.507 e. The molecule has 2 aromatic carbocycles. The van der Waals surface area contributed by atoms with Crippen molar-refractivity contribution in [3.05, 3.63) is 74.3 Å². The van der Waals surface area contributed by atoms with Crippen molar-refractivity contribution in [2.24, 2.45) is 0 Å². The second-order valence-corrected chi connectivity index (χ2v) is 9.75. The summed E-state index contributed by atoms with van der Waals surface area (Å²) in [5.41, 5.74) is 2.78. The van der Waals surface area contributed by atoms with E-state index < -0.39 is 17.7 Å². The normalized spacial score (nSPS) is 18.5. The molecule has 1 amide bonds. The zero-order valence-electron chi connectivity index (χ0n) is 18.8. The molecule has 0 aromatic heterocycles. The minimum absolute atomic E-state index is 0.0265. The van der Waals surface area contributed by atoms with Gasteiger partial charge in [-0.2, -0.15) is 0 Å². The average Bonchev–Trinajstić information content (AvgIpc) is 2.98. The summed E-state index contributed by atoms with van der Waals surface area (Å²) in [7, 11) is 1.52. The monoisotopic (exact) mass is 475 g/mol. The highest BCUT2D eigenvalue weighted by Crippen LogP contribution is 2.41. The topological polar surface area (TPSA) is 66.8 Å². The van der Waals surface area contributed by atoms with Crippen LogP contribution in [0.2, 0.25) is 10.0 Å². The van der Waals surface area contributed by atoms with Crippen LogP contribution >= 0.6 is 23.2 Å². The molecule has 1 fully saturated rings. The molecule has 1 aliphatic rings. The second-order valence-electron chi connectivity index (χ2n) is 8.94. The van der Waals surface area contributed by atoms with Crippen LogP contribution in [0.1, 0.15) is 49.1 Å². The molecule has 3 rings (SSSR count). The number of aryl methyl sites for hydroxylation is 1. The second kappa shape index (κ2) is 9.26. The molecule has 1 saturated heterocycles. The number of rotatable bonds is 5. The number of amides is 1. The van der Waals surface area contributed by atoms with Gasteiger partial charge in [0.15, 0.2) is 0 Å². The molecule has 7 heteroatoms. The lowest BCUT2D eigenvalue weighted by Crippen LogP contribution is -2.32. The van der Waals surface area contributed by atoms with Crippen LogP contribution in [0, 0.1) is 6.92 Å². The van der Waals surface area contributed by atoms with Crippen molar-refractivity contribution in [1.82, 2.24) is 4.90 Å². The first kappa shape index (κ1) is 24.3. The summed E-state index contributed by atoms with van der Waals surface area (Å²) in [6.07, 6.45) is 0. The van der Waals surface area contributed by atoms with Crippen molar-refractivity contribution in [2.45, 2.75) is 39.2 Å². The number of aliphatic hydroxyl groups is 1. The first-order chi connectivity index (χ1) is 15.0. The molecule has 1 heterocycles. The van der Waals surface area contributed by atoms with Gasteiger partial charge in [-0.05, 0) is 47.2 Å². The summed E-state index contributed by atoms with van der Waals surface area (Å²) in [4.78, 5) is 27.4. The number of ketones is 1. The number of nitrogens with zero attached hydrogens (tertiary/aromatic N) is 1. The van der Waals surface area contributed by atoms with Gasteiger partial charge in [0.05, 0.1) is 28.3 Å². The van der Waals surface area contributed by atoms with Crippen LogP contribution in [0.4, 0.5) is 0 Å². The zero-order chi connectivity index (χ0) is 23.8. The fraction of sp³-hybridized carbons (Fsp3) is 0.360. The number of aliphatic hydroxyl groups excluding tert-OH is 1. The molecule has 5 nitrogen and oxygen atoms in total. The molecule has 170 valence electrons. The highest BCUT2D eigenvalue weighted by Gasteiger charge is 2.46. The largest absolute Gasteiger partial charge is 0.507 e. The zero-order valence-corrected chi connectivity index (χ0v) is 20.3. The van der Waals surface area contributed by atoms with Gasteiger partial charge in [0, 0.05) is 19.2 Å². The molecule has 0 saturated carbocycles. The molecule has 1 unspecified atom stereocenters. The Kier molecular flexibility index (Phi) is 7.03. The lowest BCUT2D eigenvalue weighted by molar-refractivity contribution is -0.140. The van der Waals surface area contributed by atoms with Crippen LogP contribution in [0.3, 0.4) is 0 Å². The van der Waals surface area contributed by atoms with Crippen LogP contribution < -0.4 is 0 Å². The van der Waals surface area contributed by atoms with E-state index in [0.29, 0.717) is 21.2 Å². The van der Waals surface area contributed by atoms with E-state index in [9.17, 15) is 14.7 Å². The fourth-order valence-electron chi connectivity index (χ4n) is 3.82. The van der Waals surface area contributed by atoms with Gasteiger partial charge in [-0.15, -0.1) is 0 Å². The Morgan fingerprint density at radius 3 is 2.38 bits per heavy atom. The number of ether oxygens (including phenoxy) is 1. The molecular formula is C25H27Cl2NO4. The lowest BCUT2D eigenvalue weighted by atomic mass is 9.84. The molecule has 1 aliphatic heterocycles. The Morgan fingerprint density at radius 1 is 1.09 bits per heavy atom. The van der Waals surface area contributed by atoms with E-state index in [1.54, 1.807) is 18.2 Å². The summed E-state index contributed by atoms with van der Waals surface area (Å²) in [5, 5.41) is 12.0. The summed E-state index contributed by atoms with van der Waals surface area (Å²) in [6.45, 7) is 8.49. The van der Waals surface area contributed by atoms with Crippen molar-refractivity contribution < 1.29 is 19.4 Å². The SMILES string of the molecule is COCCN1C(=O)C(=O)/C(=C(/O)c2cc(C(C)(C)C)ccc2C)C1c1ccc(Cl)c(Cl)c1. The maximum atomic E-state index is 13.1. The molecule has 2 aromatic rings. The summed E-state index contributed by atoms with van der Waals surface area (Å²) in [5.74, 6) is -1.64. The van der Waals surface area contributed by atoms with Crippen molar-refractivity contribution in [1.29, 1.82) is 0 Å². The van der Waals surface area contributed by atoms with Gasteiger partial charge in [0.1, 0.15) is 5.76 Å². The Balaban J connectivity index is 2.25. The summed E-state index contributed by atoms with van der Waals surface area (Å²) < 4.78 is 5.14. The van der Waals surface area contributed by atoms with Crippen molar-refractivity contribution in [3.63, 3.8) is 0 Å². The van der Waals surface area contributed by atoms with E-state index in [4.69, 9.17) is 27.9 Å². The molecule has 0 radical (unpaired) electrons. The number of carbonyl (C=O) groups is 2. The molecule has 32 heavy (non-hydrogen) atoms. The first-order valence-corrected chi connectivity index (χ1v) is 11.1. The molecular weight excluding hydrogens is 449 g/mol. The minimum atomic E-state index is -0.808. The lowest BCUT2D eigenvalue weighted by Gasteiger charge is -2.26. The van der Waals surface area contributed by atoms with Crippen LogP contribution in [0.5, 0.6) is 0 Å². The van der Waals surface area contributed by atoms with Crippen molar-refractivity contribution >= 4 is 40.7 Å². The maximum absolute atomic E-state index is 13.1. The number of benzene rings is 2. The summed E-state index contributed by atoms with van der Waals surface area (Å²) >= 11 is 12.3. The molecule has 0 spiro atoms. The number of hydrogen-bond acceptors (Lipinski definition) is 4. The Morgan fingerprint density at radius 2 is 1.78 bits per heavy atom. The average molecular weight is 476 g/mol. The predicted molar refractivity (Wildman–Crippen MR) is 127 cm³/mol. The third kappa shape index (κ3) is 4.56. The first-order valence-electron chi connectivity index (χ1n) is 10.3. The highest BCUT2D eigenvalue weighted by molar-refractivity contribution is 6.47. The van der Waals surface area contributed by atoms with Gasteiger partial charge in [-0.1, -0.05) is 62.2 Å². The number of carbonyl (C=O) groups excluding carboxylic acids is 2. The third-order valence-electron chi connectivity index (χ3n) is 5.69. The summed E-state index contributed by atoms with van der Waals surface area (Å²) in [6, 6.07) is 9.91. The van der Waals surface area contributed by atoms with Crippen LogP contribution in [0.15, 0.2) is 42.0 Å². The third-order valence-corrected chi connectivity index (χ3v) is 6.43. The van der Waals surface area contributed by atoms with Crippen LogP contribution in [0.25, 0.3) is 5.76 Å². The number of hydrogen-bond donors (Lipinski definition) is 1. The van der Waals surface area contributed by atoms with Gasteiger partial charge in [-0.25, -0.2) is 0 Å². The number of halogens is 2. The van der Waals surface area contributed by atoms with Gasteiger partial charge in [-0.3, -0.25) is 9.59 Å². The number of likely N-dealkylation sites (tertiary alicyclic amines) is 1. The van der Waals surface area contributed by atoms with Gasteiger partial charge in [0.2, 0.25) is 0 Å². The fourth-order valence-corrected chi connectivity index (χ4v) is 4.12. The number of methoxy groups -OCH3 is 1. The molecule has 0 aliphatic carbocycles. The van der Waals surface area contributed by atoms with E-state index in [2.05, 4.69) is 20.8 Å². The maximum Gasteiger partial charge on any atom is 0.295 e. The Bertz CT molecular complexity index is 1100. The molecule has 1 atom stereocenters. The standard InChI is InChI=1S/C25H27Cl2NO4/c1-14-6-8-16(25(2,3)4)13-17(14)22(29)20-21(15-7-9-18(26)19(27)12-15)28(10-11-32-5)24(31)23(20)30/h6-9,12-13,21,29H,10-11H2,1-5H3/b22-20+. The number of Topliss-reactive ketones (excluding diaryl/α,β-unsaturated/α-hetero) is 1. The highest BCUT2D eigenvalue weighted by atomic mass is 35.5. The van der Waals surface area contributed by atoms with E-state index in [1.165, 1.54) is 12.0 Å². The smallest absolute Gasteiger partial charge is 0.295 e. The van der Waals surface area contributed by atoms with Crippen molar-refractivity contribution in [2.75, 3.05) is 20.3 Å². The predicted octanol–water partition coefficient (Wildman–Crippen LogP) is 5.67. The molecule has 1 N–H and O–H groups in total.